The fourth-order valence-corrected chi connectivity index (χ4v) is 3.63. The lowest BCUT2D eigenvalue weighted by atomic mass is 9.94. The minimum absolute atomic E-state index is 0.0540. The van der Waals surface area contributed by atoms with E-state index in [1.165, 1.54) is 0 Å². The maximum absolute atomic E-state index is 13.0. The Balaban J connectivity index is 1.50. The first kappa shape index (κ1) is 18.0. The lowest BCUT2D eigenvalue weighted by Crippen LogP contribution is -2.39. The predicted octanol–water partition coefficient (Wildman–Crippen LogP) is 3.00. The van der Waals surface area contributed by atoms with Gasteiger partial charge in [0.05, 0.1) is 0 Å². The quantitative estimate of drug-likeness (QED) is 0.756. The summed E-state index contributed by atoms with van der Waals surface area (Å²) in [6.07, 6.45) is 8.66. The van der Waals surface area contributed by atoms with E-state index in [1.807, 2.05) is 42.3 Å². The van der Waals surface area contributed by atoms with Crippen molar-refractivity contribution in [2.24, 2.45) is 0 Å². The van der Waals surface area contributed by atoms with Crippen molar-refractivity contribution in [3.63, 3.8) is 0 Å². The van der Waals surface area contributed by atoms with Gasteiger partial charge in [-0.05, 0) is 31.0 Å². The zero-order valence-corrected chi connectivity index (χ0v) is 15.7. The second-order valence-corrected chi connectivity index (χ2v) is 6.81. The zero-order chi connectivity index (χ0) is 19.3. The average Bonchev–Trinajstić information content (AvgIpc) is 2.79. The molecular weight excluding hydrogens is 352 g/mol. The number of likely N-dealkylation sites (tertiary alicyclic amines) is 1. The molecule has 2 aromatic heterocycles. The third-order valence-corrected chi connectivity index (χ3v) is 5.07. The van der Waals surface area contributed by atoms with Crippen LogP contribution in [0.2, 0.25) is 0 Å². The van der Waals surface area contributed by atoms with Crippen molar-refractivity contribution < 1.29 is 4.79 Å². The first-order valence-corrected chi connectivity index (χ1v) is 9.40. The highest BCUT2D eigenvalue weighted by Crippen LogP contribution is 2.27. The van der Waals surface area contributed by atoms with Gasteiger partial charge >= 0.3 is 0 Å². The van der Waals surface area contributed by atoms with Crippen LogP contribution >= 0.6 is 0 Å². The number of rotatable bonds is 4. The van der Waals surface area contributed by atoms with E-state index >= 15 is 0 Å². The van der Waals surface area contributed by atoms with Gasteiger partial charge in [0.25, 0.3) is 5.91 Å². The first-order chi connectivity index (χ1) is 13.8. The molecule has 0 radical (unpaired) electrons. The van der Waals surface area contributed by atoms with Gasteiger partial charge in [0.15, 0.2) is 5.82 Å². The van der Waals surface area contributed by atoms with E-state index in [2.05, 4.69) is 25.3 Å². The summed E-state index contributed by atoms with van der Waals surface area (Å²) in [7, 11) is 1.82. The van der Waals surface area contributed by atoms with Crippen molar-refractivity contribution in [3.05, 3.63) is 66.5 Å². The highest BCUT2D eigenvalue weighted by molar-refractivity contribution is 5.95. The number of piperidine rings is 1. The third kappa shape index (κ3) is 3.69. The molecule has 3 heterocycles. The first-order valence-electron chi connectivity index (χ1n) is 9.40. The Labute approximate surface area is 163 Å². The number of carbonyl (C=O) groups excluding carboxylic acids is 1. The summed E-state index contributed by atoms with van der Waals surface area (Å²) in [5.41, 5.74) is 3.38. The molecule has 1 amide bonds. The summed E-state index contributed by atoms with van der Waals surface area (Å²) in [5, 5.41) is 3.04. The van der Waals surface area contributed by atoms with Crippen LogP contribution in [0.25, 0.3) is 11.3 Å². The van der Waals surface area contributed by atoms with Crippen LogP contribution in [0.1, 0.15) is 34.8 Å². The predicted molar refractivity (Wildman–Crippen MR) is 107 cm³/mol. The van der Waals surface area contributed by atoms with Crippen LogP contribution in [0.4, 0.5) is 5.82 Å². The number of hydrogen-bond donors (Lipinski definition) is 1. The molecule has 0 aliphatic carbocycles. The highest BCUT2D eigenvalue weighted by Gasteiger charge is 2.26. The van der Waals surface area contributed by atoms with E-state index < -0.39 is 0 Å². The number of nitrogens with one attached hydrogen (secondary N) is 1. The summed E-state index contributed by atoms with van der Waals surface area (Å²) >= 11 is 0. The number of aromatic nitrogens is 4. The number of amides is 1. The van der Waals surface area contributed by atoms with Gasteiger partial charge in [-0.3, -0.25) is 9.78 Å². The smallest absolute Gasteiger partial charge is 0.253 e. The summed E-state index contributed by atoms with van der Waals surface area (Å²) in [6.45, 7) is 1.46. The lowest BCUT2D eigenvalue weighted by molar-refractivity contribution is 0.0706. The minimum Gasteiger partial charge on any atom is -0.371 e. The molecule has 1 unspecified atom stereocenters. The van der Waals surface area contributed by atoms with E-state index in [-0.39, 0.29) is 11.8 Å². The second-order valence-electron chi connectivity index (χ2n) is 6.81. The Kier molecular flexibility index (Phi) is 5.23. The van der Waals surface area contributed by atoms with E-state index in [9.17, 15) is 4.79 Å². The van der Waals surface area contributed by atoms with Crippen LogP contribution in [0.3, 0.4) is 0 Å². The minimum atomic E-state index is 0.0540. The molecule has 3 aromatic rings. The molecule has 1 aliphatic heterocycles. The fraction of sp³-hybridized carbons (Fsp3) is 0.286. The number of hydrogen-bond acceptors (Lipinski definition) is 6. The molecule has 0 spiro atoms. The number of nitrogens with zero attached hydrogens (tertiary/aromatic N) is 5. The van der Waals surface area contributed by atoms with Crippen molar-refractivity contribution in [3.8, 4) is 11.3 Å². The molecule has 0 bridgehead atoms. The Bertz CT molecular complexity index is 945. The summed E-state index contributed by atoms with van der Waals surface area (Å²) in [5.74, 6) is 1.03. The van der Waals surface area contributed by atoms with E-state index in [0.717, 1.165) is 36.3 Å². The summed E-state index contributed by atoms with van der Waals surface area (Å²) < 4.78 is 0. The van der Waals surface area contributed by atoms with Crippen LogP contribution < -0.4 is 5.32 Å². The second kappa shape index (κ2) is 8.12. The normalized spacial score (nSPS) is 16.6. The molecule has 7 nitrogen and oxygen atoms in total. The Morgan fingerprint density at radius 3 is 2.64 bits per heavy atom. The molecular formula is C21H22N6O. The van der Waals surface area contributed by atoms with Gasteiger partial charge in [-0.25, -0.2) is 15.0 Å². The van der Waals surface area contributed by atoms with Gasteiger partial charge in [0, 0.05) is 61.5 Å². The molecule has 1 atom stereocenters. The maximum atomic E-state index is 13.0. The molecule has 1 aromatic carbocycles. The number of carbonyl (C=O) groups is 1. The Morgan fingerprint density at radius 2 is 1.89 bits per heavy atom. The van der Waals surface area contributed by atoms with Crippen LogP contribution in [-0.2, 0) is 0 Å². The van der Waals surface area contributed by atoms with Crippen LogP contribution in [-0.4, -0.2) is 50.9 Å². The molecule has 7 heteroatoms. The van der Waals surface area contributed by atoms with E-state index in [0.29, 0.717) is 17.9 Å². The number of benzene rings is 1. The van der Waals surface area contributed by atoms with Gasteiger partial charge in [0.2, 0.25) is 0 Å². The van der Waals surface area contributed by atoms with Crippen molar-refractivity contribution in [1.82, 2.24) is 24.8 Å². The van der Waals surface area contributed by atoms with E-state index in [1.54, 1.807) is 24.9 Å². The molecule has 1 N–H and O–H groups in total. The van der Waals surface area contributed by atoms with E-state index in [4.69, 9.17) is 0 Å². The molecule has 1 aliphatic rings. The molecule has 142 valence electrons. The largest absolute Gasteiger partial charge is 0.371 e. The monoisotopic (exact) mass is 374 g/mol. The van der Waals surface area contributed by atoms with Crippen molar-refractivity contribution in [1.29, 1.82) is 0 Å². The van der Waals surface area contributed by atoms with Gasteiger partial charge < -0.3 is 10.2 Å². The van der Waals surface area contributed by atoms with Gasteiger partial charge in [-0.2, -0.15) is 0 Å². The third-order valence-electron chi connectivity index (χ3n) is 5.07. The van der Waals surface area contributed by atoms with Gasteiger partial charge in [-0.15, -0.1) is 0 Å². The van der Waals surface area contributed by atoms with Crippen molar-refractivity contribution in [2.75, 3.05) is 25.5 Å². The standard InChI is InChI=1S/C21H22N6O/c1-22-20-19(24-10-11-25-20)15-4-6-16(7-5-15)21(28)27-12-2-3-17(13-27)18-8-9-23-14-26-18/h4-11,14,17H,2-3,12-13H2,1H3,(H,22,25). The van der Waals surface area contributed by atoms with Crippen molar-refractivity contribution >= 4 is 11.7 Å². The maximum Gasteiger partial charge on any atom is 0.253 e. The topological polar surface area (TPSA) is 83.9 Å². The highest BCUT2D eigenvalue weighted by atomic mass is 16.2. The fourth-order valence-electron chi connectivity index (χ4n) is 3.63. The Hall–Kier alpha value is -3.35. The average molecular weight is 374 g/mol. The SMILES string of the molecule is CNc1nccnc1-c1ccc(C(=O)N2CCCC(c3ccncn3)C2)cc1. The molecule has 4 rings (SSSR count). The number of anilines is 1. The van der Waals surface area contributed by atoms with Crippen molar-refractivity contribution in [2.45, 2.75) is 18.8 Å². The molecule has 1 fully saturated rings. The van der Waals surface area contributed by atoms with Gasteiger partial charge in [-0.1, -0.05) is 12.1 Å². The molecule has 28 heavy (non-hydrogen) atoms. The zero-order valence-electron chi connectivity index (χ0n) is 15.7. The summed E-state index contributed by atoms with van der Waals surface area (Å²) in [6, 6.07) is 9.50. The van der Waals surface area contributed by atoms with Crippen LogP contribution in [0, 0.1) is 0 Å². The van der Waals surface area contributed by atoms with Crippen LogP contribution in [0.5, 0.6) is 0 Å². The summed E-state index contributed by atoms with van der Waals surface area (Å²) in [4.78, 5) is 31.9. The molecule has 0 saturated carbocycles. The Morgan fingerprint density at radius 1 is 1.07 bits per heavy atom. The van der Waals surface area contributed by atoms with Crippen LogP contribution in [0.15, 0.2) is 55.2 Å². The van der Waals surface area contributed by atoms with Gasteiger partial charge in [0.1, 0.15) is 12.0 Å². The molecule has 1 saturated heterocycles. The lowest BCUT2D eigenvalue weighted by Gasteiger charge is -2.32.